The van der Waals surface area contributed by atoms with Crippen LogP contribution in [0, 0.1) is 11.7 Å². The summed E-state index contributed by atoms with van der Waals surface area (Å²) in [6.45, 7) is 1.89. The SMILES string of the molecule is COc1cc(/C=N/n2c(-c3cc(C)[nH]n3)n[nH]c2=S)cc(Br)c1O. The molecule has 2 aromatic heterocycles. The molecule has 0 fully saturated rings. The van der Waals surface area contributed by atoms with Crippen molar-refractivity contribution in [2.75, 3.05) is 7.11 Å². The summed E-state index contributed by atoms with van der Waals surface area (Å²) in [5, 5.41) is 28.1. The maximum atomic E-state index is 9.85. The molecule has 0 amide bonds. The third kappa shape index (κ3) is 3.10. The van der Waals surface area contributed by atoms with Crippen molar-refractivity contribution in [2.45, 2.75) is 6.92 Å². The zero-order chi connectivity index (χ0) is 17.3. The Bertz CT molecular complexity index is 974. The zero-order valence-corrected chi connectivity index (χ0v) is 15.1. The molecule has 124 valence electrons. The van der Waals surface area contributed by atoms with Crippen LogP contribution in [0.5, 0.6) is 11.5 Å². The van der Waals surface area contributed by atoms with Gasteiger partial charge in [-0.3, -0.25) is 5.10 Å². The average Bonchev–Trinajstić information content (AvgIpc) is 3.14. The molecule has 0 aliphatic rings. The largest absolute Gasteiger partial charge is 0.503 e. The molecule has 24 heavy (non-hydrogen) atoms. The van der Waals surface area contributed by atoms with Crippen LogP contribution in [0.25, 0.3) is 11.5 Å². The highest BCUT2D eigenvalue weighted by molar-refractivity contribution is 9.10. The van der Waals surface area contributed by atoms with E-state index in [-0.39, 0.29) is 5.75 Å². The highest BCUT2D eigenvalue weighted by Crippen LogP contribution is 2.34. The summed E-state index contributed by atoms with van der Waals surface area (Å²) in [7, 11) is 1.48. The number of phenolic OH excluding ortho intramolecular Hbond substituents is 1. The first-order chi connectivity index (χ1) is 11.5. The van der Waals surface area contributed by atoms with Crippen LogP contribution in [-0.4, -0.2) is 43.5 Å². The molecule has 0 atom stereocenters. The molecule has 0 bridgehead atoms. The molecular weight excluding hydrogens is 396 g/mol. The second kappa shape index (κ2) is 6.57. The van der Waals surface area contributed by atoms with Crippen molar-refractivity contribution in [1.82, 2.24) is 25.1 Å². The second-order valence-corrected chi connectivity index (χ2v) is 6.14. The van der Waals surface area contributed by atoms with E-state index < -0.39 is 0 Å². The van der Waals surface area contributed by atoms with Gasteiger partial charge in [-0.15, -0.1) is 0 Å². The molecule has 10 heteroatoms. The number of halogens is 1. The predicted octanol–water partition coefficient (Wildman–Crippen LogP) is 3.00. The van der Waals surface area contributed by atoms with E-state index in [4.69, 9.17) is 17.0 Å². The van der Waals surface area contributed by atoms with Crippen molar-refractivity contribution in [3.8, 4) is 23.0 Å². The normalized spacial score (nSPS) is 11.3. The summed E-state index contributed by atoms with van der Waals surface area (Å²) in [6, 6.07) is 5.21. The van der Waals surface area contributed by atoms with Gasteiger partial charge in [-0.25, -0.2) is 5.10 Å². The minimum absolute atomic E-state index is 0.0299. The van der Waals surface area contributed by atoms with Crippen molar-refractivity contribution in [3.05, 3.63) is 38.7 Å². The lowest BCUT2D eigenvalue weighted by atomic mass is 10.2. The van der Waals surface area contributed by atoms with Gasteiger partial charge < -0.3 is 9.84 Å². The fourth-order valence-electron chi connectivity index (χ4n) is 2.05. The number of aromatic hydroxyl groups is 1. The molecule has 1 aromatic carbocycles. The molecule has 0 aliphatic carbocycles. The van der Waals surface area contributed by atoms with Crippen LogP contribution in [0.2, 0.25) is 0 Å². The van der Waals surface area contributed by atoms with Crippen LogP contribution in [0.15, 0.2) is 27.8 Å². The summed E-state index contributed by atoms with van der Waals surface area (Å²) in [5.74, 6) is 0.859. The van der Waals surface area contributed by atoms with Gasteiger partial charge in [0.25, 0.3) is 0 Å². The Balaban J connectivity index is 2.00. The quantitative estimate of drug-likeness (QED) is 0.454. The number of rotatable bonds is 4. The lowest BCUT2D eigenvalue weighted by Gasteiger charge is -2.06. The number of aromatic nitrogens is 5. The second-order valence-electron chi connectivity index (χ2n) is 4.90. The third-order valence-electron chi connectivity index (χ3n) is 3.18. The molecule has 0 radical (unpaired) electrons. The molecule has 3 aromatic rings. The van der Waals surface area contributed by atoms with Gasteiger partial charge in [0.15, 0.2) is 11.5 Å². The van der Waals surface area contributed by atoms with Crippen LogP contribution in [-0.2, 0) is 0 Å². The van der Waals surface area contributed by atoms with E-state index in [0.717, 1.165) is 5.69 Å². The van der Waals surface area contributed by atoms with Gasteiger partial charge in [-0.1, -0.05) is 0 Å². The number of phenols is 1. The number of nitrogens with one attached hydrogen (secondary N) is 2. The van der Waals surface area contributed by atoms with Gasteiger partial charge in [-0.2, -0.15) is 20.0 Å². The monoisotopic (exact) mass is 408 g/mol. The number of ether oxygens (including phenoxy) is 1. The van der Waals surface area contributed by atoms with E-state index >= 15 is 0 Å². The molecular formula is C14H13BrN6O2S. The van der Waals surface area contributed by atoms with Gasteiger partial charge in [0.05, 0.1) is 17.8 Å². The summed E-state index contributed by atoms with van der Waals surface area (Å²) in [4.78, 5) is 0. The number of hydrogen-bond donors (Lipinski definition) is 3. The van der Waals surface area contributed by atoms with Crippen molar-refractivity contribution in [2.24, 2.45) is 5.10 Å². The van der Waals surface area contributed by atoms with E-state index in [2.05, 4.69) is 41.4 Å². The van der Waals surface area contributed by atoms with Crippen molar-refractivity contribution < 1.29 is 9.84 Å². The van der Waals surface area contributed by atoms with Gasteiger partial charge in [0, 0.05) is 5.69 Å². The smallest absolute Gasteiger partial charge is 0.216 e. The number of benzene rings is 1. The summed E-state index contributed by atoms with van der Waals surface area (Å²) in [6.07, 6.45) is 1.58. The van der Waals surface area contributed by atoms with E-state index in [0.29, 0.717) is 32.1 Å². The standard InChI is InChI=1S/C14H13BrN6O2S/c1-7-3-10(18-17-7)13-19-20-14(24)21(13)16-6-8-4-9(15)12(22)11(5-8)23-2/h3-6,22H,1-2H3,(H,17,18)(H,20,24)/b16-6+. The Morgan fingerprint density at radius 1 is 1.33 bits per heavy atom. The summed E-state index contributed by atoms with van der Waals surface area (Å²) in [5.41, 5.74) is 2.24. The number of hydrogen-bond acceptors (Lipinski definition) is 6. The lowest BCUT2D eigenvalue weighted by Crippen LogP contribution is -1.96. The Kier molecular flexibility index (Phi) is 4.49. The Morgan fingerprint density at radius 2 is 2.12 bits per heavy atom. The Labute approximate surface area is 150 Å². The van der Waals surface area contributed by atoms with E-state index in [1.165, 1.54) is 11.8 Å². The fourth-order valence-corrected chi connectivity index (χ4v) is 2.68. The van der Waals surface area contributed by atoms with Gasteiger partial charge in [-0.05, 0) is 58.8 Å². The summed E-state index contributed by atoms with van der Waals surface area (Å²) >= 11 is 8.48. The molecule has 0 saturated heterocycles. The van der Waals surface area contributed by atoms with Crippen LogP contribution < -0.4 is 4.74 Å². The van der Waals surface area contributed by atoms with Crippen LogP contribution >= 0.6 is 28.1 Å². The molecule has 3 rings (SSSR count). The molecule has 0 spiro atoms. The number of aromatic amines is 2. The number of nitrogens with zero attached hydrogens (tertiary/aromatic N) is 4. The molecule has 8 nitrogen and oxygen atoms in total. The molecule has 3 N–H and O–H groups in total. The van der Waals surface area contributed by atoms with Gasteiger partial charge in [0.1, 0.15) is 5.69 Å². The number of aryl methyl sites for hydroxylation is 1. The minimum atomic E-state index is 0.0299. The van der Waals surface area contributed by atoms with Crippen LogP contribution in [0.1, 0.15) is 11.3 Å². The first kappa shape index (κ1) is 16.4. The highest BCUT2D eigenvalue weighted by atomic mass is 79.9. The molecule has 0 unspecified atom stereocenters. The van der Waals surface area contributed by atoms with Gasteiger partial charge in [0.2, 0.25) is 10.6 Å². The van der Waals surface area contributed by atoms with Crippen molar-refractivity contribution >= 4 is 34.4 Å². The highest BCUT2D eigenvalue weighted by Gasteiger charge is 2.12. The predicted molar refractivity (Wildman–Crippen MR) is 95.1 cm³/mol. The Morgan fingerprint density at radius 3 is 2.79 bits per heavy atom. The molecule has 0 aliphatic heterocycles. The van der Waals surface area contributed by atoms with Gasteiger partial charge >= 0.3 is 0 Å². The average molecular weight is 409 g/mol. The summed E-state index contributed by atoms with van der Waals surface area (Å²) < 4.78 is 7.43. The Hall–Kier alpha value is -2.46. The minimum Gasteiger partial charge on any atom is -0.503 e. The van der Waals surface area contributed by atoms with Crippen molar-refractivity contribution in [3.63, 3.8) is 0 Å². The van der Waals surface area contributed by atoms with Crippen LogP contribution in [0.3, 0.4) is 0 Å². The molecule has 2 heterocycles. The topological polar surface area (TPSA) is 104 Å². The fraction of sp³-hybridized carbons (Fsp3) is 0.143. The van der Waals surface area contributed by atoms with E-state index in [1.807, 2.05) is 13.0 Å². The van der Waals surface area contributed by atoms with Crippen molar-refractivity contribution in [1.29, 1.82) is 0 Å². The van der Waals surface area contributed by atoms with Crippen LogP contribution in [0.4, 0.5) is 0 Å². The zero-order valence-electron chi connectivity index (χ0n) is 12.7. The third-order valence-corrected chi connectivity index (χ3v) is 4.05. The first-order valence-corrected chi connectivity index (χ1v) is 8.00. The van der Waals surface area contributed by atoms with E-state index in [9.17, 15) is 5.11 Å². The number of methoxy groups -OCH3 is 1. The lowest BCUT2D eigenvalue weighted by molar-refractivity contribution is 0.372. The van der Waals surface area contributed by atoms with E-state index in [1.54, 1.807) is 18.3 Å². The maximum absolute atomic E-state index is 9.85. The molecule has 0 saturated carbocycles. The number of H-pyrrole nitrogens is 2. The maximum Gasteiger partial charge on any atom is 0.216 e. The first-order valence-electron chi connectivity index (χ1n) is 6.80.